The van der Waals surface area contributed by atoms with Gasteiger partial charge in [0.25, 0.3) is 5.91 Å². The van der Waals surface area contributed by atoms with Crippen molar-refractivity contribution in [2.45, 2.75) is 44.8 Å². The molecule has 0 spiro atoms. The van der Waals surface area contributed by atoms with Gasteiger partial charge in [0.2, 0.25) is 11.8 Å². The number of carbonyl (C=O) groups excluding carboxylic acids is 4. The molecule has 2 aromatic carbocycles. The second-order valence-electron chi connectivity index (χ2n) is 9.95. The Bertz CT molecular complexity index is 1540. The van der Waals surface area contributed by atoms with Crippen molar-refractivity contribution in [3.63, 3.8) is 0 Å². The first-order valence-corrected chi connectivity index (χ1v) is 12.3. The van der Waals surface area contributed by atoms with Gasteiger partial charge in [-0.2, -0.15) is 5.26 Å². The molecule has 5 amide bonds. The van der Waals surface area contributed by atoms with Crippen LogP contribution in [0.2, 0.25) is 0 Å². The zero-order valence-electron chi connectivity index (χ0n) is 21.3. The van der Waals surface area contributed by atoms with Crippen LogP contribution in [0.1, 0.15) is 53.9 Å². The number of anilines is 1. The lowest BCUT2D eigenvalue weighted by atomic mass is 9.93. The summed E-state index contributed by atoms with van der Waals surface area (Å²) in [4.78, 5) is 59.3. The molecule has 1 fully saturated rings. The average molecular weight is 524 g/mol. The minimum absolute atomic E-state index is 0.185. The van der Waals surface area contributed by atoms with E-state index in [1.807, 2.05) is 44.2 Å². The normalized spacial score (nSPS) is 16.8. The first-order valence-electron chi connectivity index (χ1n) is 12.3. The number of rotatable bonds is 5. The fraction of sp³-hybridized carbons (Fsp3) is 0.250. The maximum Gasteiger partial charge on any atom is 0.319 e. The number of piperidine rings is 1. The Morgan fingerprint density at radius 1 is 1.13 bits per heavy atom. The standard InChI is InChI=1S/C28H25N7O4/c1-28(2,18-5-3-16(4-6-18)22-14-30-13-20(12-29)31-22)34-27(39)32-19-7-8-21-17(11-19)15-35(26(21)38)23-9-10-24(36)33-25(23)37/h3-8,11,13-14,23H,9-10,15H2,1-2H3,(H2,32,34,39)(H,33,36,37). The third-order valence-corrected chi connectivity index (χ3v) is 6.86. The van der Waals surface area contributed by atoms with E-state index in [1.54, 1.807) is 24.4 Å². The quantitative estimate of drug-likeness (QED) is 0.434. The third kappa shape index (κ3) is 5.17. The Morgan fingerprint density at radius 3 is 2.62 bits per heavy atom. The number of nitrogens with one attached hydrogen (secondary N) is 3. The van der Waals surface area contributed by atoms with Gasteiger partial charge in [-0.25, -0.2) is 9.78 Å². The van der Waals surface area contributed by atoms with Gasteiger partial charge in [-0.1, -0.05) is 24.3 Å². The molecule has 1 saturated heterocycles. The van der Waals surface area contributed by atoms with E-state index in [4.69, 9.17) is 5.26 Å². The molecule has 0 aliphatic carbocycles. The Morgan fingerprint density at radius 2 is 1.90 bits per heavy atom. The minimum atomic E-state index is -0.724. The van der Waals surface area contributed by atoms with E-state index in [-0.39, 0.29) is 36.9 Å². The third-order valence-electron chi connectivity index (χ3n) is 6.86. The van der Waals surface area contributed by atoms with Crippen LogP contribution in [0.5, 0.6) is 0 Å². The second-order valence-corrected chi connectivity index (χ2v) is 9.95. The molecule has 3 N–H and O–H groups in total. The molecule has 0 saturated carbocycles. The van der Waals surface area contributed by atoms with Crippen molar-refractivity contribution >= 4 is 29.4 Å². The highest BCUT2D eigenvalue weighted by Gasteiger charge is 2.39. The molecule has 0 radical (unpaired) electrons. The van der Waals surface area contributed by atoms with Gasteiger partial charge in [-0.15, -0.1) is 0 Å². The number of hydrogen-bond acceptors (Lipinski definition) is 7. The lowest BCUT2D eigenvalue weighted by molar-refractivity contribution is -0.136. The van der Waals surface area contributed by atoms with Crippen molar-refractivity contribution < 1.29 is 19.2 Å². The van der Waals surface area contributed by atoms with Gasteiger partial charge in [0, 0.05) is 29.8 Å². The van der Waals surface area contributed by atoms with Crippen LogP contribution < -0.4 is 16.0 Å². The molecular formula is C28H25N7O4. The molecule has 1 unspecified atom stereocenters. The topological polar surface area (TPSA) is 157 Å². The summed E-state index contributed by atoms with van der Waals surface area (Å²) in [5.74, 6) is -1.08. The van der Waals surface area contributed by atoms with Crippen LogP contribution in [-0.4, -0.2) is 44.7 Å². The summed E-state index contributed by atoms with van der Waals surface area (Å²) in [6.45, 7) is 3.96. The SMILES string of the molecule is CC(C)(NC(=O)Nc1ccc2c(c1)CN(C1CCC(=O)NC1=O)C2=O)c1ccc(-c2cncc(C#N)n2)cc1. The Hall–Kier alpha value is -5.11. The van der Waals surface area contributed by atoms with Crippen molar-refractivity contribution in [3.8, 4) is 17.3 Å². The number of imide groups is 1. The van der Waals surface area contributed by atoms with Gasteiger partial charge < -0.3 is 15.5 Å². The van der Waals surface area contributed by atoms with Gasteiger partial charge in [-0.05, 0) is 49.6 Å². The van der Waals surface area contributed by atoms with Gasteiger partial charge in [-0.3, -0.25) is 24.7 Å². The fourth-order valence-electron chi connectivity index (χ4n) is 4.79. The molecule has 2 aliphatic rings. The van der Waals surface area contributed by atoms with Crippen molar-refractivity contribution in [1.82, 2.24) is 25.5 Å². The molecule has 11 nitrogen and oxygen atoms in total. The first-order chi connectivity index (χ1) is 18.6. The minimum Gasteiger partial charge on any atom is -0.329 e. The Balaban J connectivity index is 1.24. The van der Waals surface area contributed by atoms with Crippen LogP contribution >= 0.6 is 0 Å². The zero-order chi connectivity index (χ0) is 27.7. The number of amides is 5. The predicted octanol–water partition coefficient (Wildman–Crippen LogP) is 2.83. The number of urea groups is 1. The molecule has 11 heteroatoms. The summed E-state index contributed by atoms with van der Waals surface area (Å²) >= 11 is 0. The van der Waals surface area contributed by atoms with E-state index in [0.717, 1.165) is 11.1 Å². The maximum absolute atomic E-state index is 12.9. The lowest BCUT2D eigenvalue weighted by Gasteiger charge is -2.29. The molecule has 5 rings (SSSR count). The number of aromatic nitrogens is 2. The van der Waals surface area contributed by atoms with Crippen LogP contribution in [0, 0.1) is 11.3 Å². The molecule has 1 aromatic heterocycles. The summed E-state index contributed by atoms with van der Waals surface area (Å²) in [7, 11) is 0. The Kier molecular flexibility index (Phi) is 6.54. The summed E-state index contributed by atoms with van der Waals surface area (Å²) < 4.78 is 0. The van der Waals surface area contributed by atoms with Gasteiger partial charge >= 0.3 is 6.03 Å². The van der Waals surface area contributed by atoms with Crippen LogP contribution in [0.25, 0.3) is 11.3 Å². The largest absolute Gasteiger partial charge is 0.329 e. The summed E-state index contributed by atoms with van der Waals surface area (Å²) in [6, 6.07) is 13.3. The van der Waals surface area contributed by atoms with Crippen LogP contribution in [0.3, 0.4) is 0 Å². The van der Waals surface area contributed by atoms with E-state index in [0.29, 0.717) is 22.5 Å². The zero-order valence-corrected chi connectivity index (χ0v) is 21.3. The summed E-state index contributed by atoms with van der Waals surface area (Å²) in [5, 5.41) is 17.1. The fourth-order valence-corrected chi connectivity index (χ4v) is 4.79. The smallest absolute Gasteiger partial charge is 0.319 e. The van der Waals surface area contributed by atoms with Crippen LogP contribution in [0.4, 0.5) is 10.5 Å². The van der Waals surface area contributed by atoms with Crippen molar-refractivity contribution in [1.29, 1.82) is 5.26 Å². The van der Waals surface area contributed by atoms with E-state index < -0.39 is 23.5 Å². The van der Waals surface area contributed by atoms with Gasteiger partial charge in [0.15, 0.2) is 5.69 Å². The highest BCUT2D eigenvalue weighted by atomic mass is 16.2. The van der Waals surface area contributed by atoms with Crippen molar-refractivity contribution in [2.75, 3.05) is 5.32 Å². The number of hydrogen-bond donors (Lipinski definition) is 3. The number of nitrogens with zero attached hydrogens (tertiary/aromatic N) is 4. The highest BCUT2D eigenvalue weighted by Crippen LogP contribution is 2.30. The lowest BCUT2D eigenvalue weighted by Crippen LogP contribution is -2.52. The number of carbonyl (C=O) groups is 4. The molecule has 0 bridgehead atoms. The van der Waals surface area contributed by atoms with Crippen molar-refractivity contribution in [2.24, 2.45) is 0 Å². The van der Waals surface area contributed by atoms with Crippen LogP contribution in [0.15, 0.2) is 54.9 Å². The highest BCUT2D eigenvalue weighted by molar-refractivity contribution is 6.05. The van der Waals surface area contributed by atoms with E-state index >= 15 is 0 Å². The number of benzene rings is 2. The van der Waals surface area contributed by atoms with E-state index in [9.17, 15) is 19.2 Å². The number of nitriles is 1. The maximum atomic E-state index is 12.9. The molecule has 196 valence electrons. The molecular weight excluding hydrogens is 498 g/mol. The monoisotopic (exact) mass is 523 g/mol. The molecule has 1 atom stereocenters. The molecule has 3 heterocycles. The first kappa shape index (κ1) is 25.5. The Labute approximate surface area is 224 Å². The molecule has 3 aromatic rings. The summed E-state index contributed by atoms with van der Waals surface area (Å²) in [6.07, 6.45) is 3.45. The summed E-state index contributed by atoms with van der Waals surface area (Å²) in [5.41, 5.74) is 3.40. The predicted molar refractivity (Wildman–Crippen MR) is 140 cm³/mol. The number of fused-ring (bicyclic) bond motifs is 1. The van der Waals surface area contributed by atoms with Crippen LogP contribution in [-0.2, 0) is 21.7 Å². The second kappa shape index (κ2) is 9.98. The van der Waals surface area contributed by atoms with Gasteiger partial charge in [0.05, 0.1) is 23.6 Å². The molecule has 2 aliphatic heterocycles. The van der Waals surface area contributed by atoms with Gasteiger partial charge in [0.1, 0.15) is 12.1 Å². The van der Waals surface area contributed by atoms with E-state index in [2.05, 4.69) is 25.9 Å². The van der Waals surface area contributed by atoms with E-state index in [1.165, 1.54) is 11.1 Å². The average Bonchev–Trinajstić information content (AvgIpc) is 3.23. The molecule has 39 heavy (non-hydrogen) atoms. The van der Waals surface area contributed by atoms with Crippen molar-refractivity contribution in [3.05, 3.63) is 77.2 Å².